The lowest BCUT2D eigenvalue weighted by Crippen LogP contribution is -2.40. The van der Waals surface area contributed by atoms with Crippen molar-refractivity contribution in [1.82, 2.24) is 10.2 Å². The molecule has 0 saturated carbocycles. The molecular weight excluding hydrogens is 256 g/mol. The van der Waals surface area contributed by atoms with E-state index in [1.807, 2.05) is 0 Å². The van der Waals surface area contributed by atoms with E-state index in [0.717, 1.165) is 23.9 Å². The Morgan fingerprint density at radius 3 is 2.48 bits per heavy atom. The summed E-state index contributed by atoms with van der Waals surface area (Å²) < 4.78 is 0. The SMILES string of the molecule is c1ccc(CC2CCN(CC3CC4CCC3N4)CC2)cc1. The van der Waals surface area contributed by atoms with E-state index in [1.165, 1.54) is 63.7 Å². The molecule has 3 heterocycles. The van der Waals surface area contributed by atoms with E-state index < -0.39 is 0 Å². The Hall–Kier alpha value is -0.860. The molecule has 3 atom stereocenters. The highest BCUT2D eigenvalue weighted by molar-refractivity contribution is 5.15. The van der Waals surface area contributed by atoms with Crippen molar-refractivity contribution in [3.63, 3.8) is 0 Å². The summed E-state index contributed by atoms with van der Waals surface area (Å²) in [6, 6.07) is 12.7. The minimum Gasteiger partial charge on any atom is -0.311 e. The van der Waals surface area contributed by atoms with Crippen molar-refractivity contribution in [2.24, 2.45) is 11.8 Å². The molecule has 2 nitrogen and oxygen atoms in total. The highest BCUT2D eigenvalue weighted by Gasteiger charge is 2.39. The van der Waals surface area contributed by atoms with Crippen LogP contribution in [-0.4, -0.2) is 36.6 Å². The molecule has 3 aliphatic heterocycles. The summed E-state index contributed by atoms with van der Waals surface area (Å²) in [7, 11) is 0. The first-order valence-corrected chi connectivity index (χ1v) is 8.89. The van der Waals surface area contributed by atoms with Gasteiger partial charge in [0.2, 0.25) is 0 Å². The molecule has 0 aromatic heterocycles. The van der Waals surface area contributed by atoms with Crippen LogP contribution in [0.2, 0.25) is 0 Å². The molecule has 2 heteroatoms. The third-order valence-electron chi connectivity index (χ3n) is 6.00. The summed E-state index contributed by atoms with van der Waals surface area (Å²) in [5, 5.41) is 3.78. The number of hydrogen-bond donors (Lipinski definition) is 1. The van der Waals surface area contributed by atoms with Gasteiger partial charge in [-0.25, -0.2) is 0 Å². The van der Waals surface area contributed by atoms with Gasteiger partial charge in [0, 0.05) is 18.6 Å². The smallest absolute Gasteiger partial charge is 0.0111 e. The zero-order chi connectivity index (χ0) is 14.1. The van der Waals surface area contributed by atoms with Crippen LogP contribution in [0.3, 0.4) is 0 Å². The van der Waals surface area contributed by atoms with Crippen molar-refractivity contribution in [2.75, 3.05) is 19.6 Å². The average Bonchev–Trinajstić information content (AvgIpc) is 3.13. The van der Waals surface area contributed by atoms with E-state index >= 15 is 0 Å². The maximum Gasteiger partial charge on any atom is 0.0111 e. The van der Waals surface area contributed by atoms with E-state index in [-0.39, 0.29) is 0 Å². The number of hydrogen-bond acceptors (Lipinski definition) is 2. The second-order valence-electron chi connectivity index (χ2n) is 7.48. The Kier molecular flexibility index (Phi) is 4.00. The van der Waals surface area contributed by atoms with Gasteiger partial charge in [-0.15, -0.1) is 0 Å². The summed E-state index contributed by atoms with van der Waals surface area (Å²) in [6.45, 7) is 4.00. The lowest BCUT2D eigenvalue weighted by molar-refractivity contribution is 0.151. The van der Waals surface area contributed by atoms with E-state index in [0.29, 0.717) is 0 Å². The number of nitrogens with one attached hydrogen (secondary N) is 1. The molecule has 1 aromatic rings. The van der Waals surface area contributed by atoms with Gasteiger partial charge in [-0.3, -0.25) is 0 Å². The van der Waals surface area contributed by atoms with Gasteiger partial charge in [-0.2, -0.15) is 0 Å². The summed E-state index contributed by atoms with van der Waals surface area (Å²) in [5.74, 6) is 1.84. The van der Waals surface area contributed by atoms with Crippen LogP contribution in [0.15, 0.2) is 30.3 Å². The Labute approximate surface area is 128 Å². The molecular formula is C19H28N2. The quantitative estimate of drug-likeness (QED) is 0.914. The zero-order valence-corrected chi connectivity index (χ0v) is 13.0. The van der Waals surface area contributed by atoms with Crippen LogP contribution in [0.5, 0.6) is 0 Å². The van der Waals surface area contributed by atoms with Gasteiger partial charge in [0.25, 0.3) is 0 Å². The van der Waals surface area contributed by atoms with E-state index in [4.69, 9.17) is 0 Å². The molecule has 1 aromatic carbocycles. The summed E-state index contributed by atoms with van der Waals surface area (Å²) >= 11 is 0. The van der Waals surface area contributed by atoms with Crippen molar-refractivity contribution in [3.05, 3.63) is 35.9 Å². The Balaban J connectivity index is 1.23. The summed E-state index contributed by atoms with van der Waals surface area (Å²) in [6.07, 6.45) is 8.37. The number of benzene rings is 1. The number of piperidine rings is 1. The van der Waals surface area contributed by atoms with Crippen molar-refractivity contribution < 1.29 is 0 Å². The van der Waals surface area contributed by atoms with Gasteiger partial charge in [0.1, 0.15) is 0 Å². The molecule has 0 spiro atoms. The number of fused-ring (bicyclic) bond motifs is 2. The fraction of sp³-hybridized carbons (Fsp3) is 0.684. The number of rotatable bonds is 4. The molecule has 3 aliphatic rings. The van der Waals surface area contributed by atoms with Crippen LogP contribution >= 0.6 is 0 Å². The predicted molar refractivity (Wildman–Crippen MR) is 87.4 cm³/mol. The van der Waals surface area contributed by atoms with Crippen LogP contribution in [0.1, 0.15) is 37.7 Å². The second-order valence-corrected chi connectivity index (χ2v) is 7.48. The lowest BCUT2D eigenvalue weighted by atomic mass is 9.86. The van der Waals surface area contributed by atoms with Crippen LogP contribution in [0, 0.1) is 11.8 Å². The Bertz CT molecular complexity index is 450. The second kappa shape index (κ2) is 6.10. The van der Waals surface area contributed by atoms with Gasteiger partial charge < -0.3 is 10.2 Å². The van der Waals surface area contributed by atoms with Crippen molar-refractivity contribution >= 4 is 0 Å². The molecule has 3 fully saturated rings. The first-order valence-electron chi connectivity index (χ1n) is 8.89. The normalized spacial score (nSPS) is 33.6. The number of likely N-dealkylation sites (tertiary alicyclic amines) is 1. The molecule has 0 aliphatic carbocycles. The largest absolute Gasteiger partial charge is 0.311 e. The third-order valence-corrected chi connectivity index (χ3v) is 6.00. The van der Waals surface area contributed by atoms with E-state index in [1.54, 1.807) is 0 Å². The van der Waals surface area contributed by atoms with Gasteiger partial charge >= 0.3 is 0 Å². The lowest BCUT2D eigenvalue weighted by Gasteiger charge is -2.35. The summed E-state index contributed by atoms with van der Waals surface area (Å²) in [4.78, 5) is 2.74. The molecule has 0 radical (unpaired) electrons. The molecule has 1 N–H and O–H groups in total. The first kappa shape index (κ1) is 13.8. The standard InChI is InChI=1S/C19H28N2/c1-2-4-15(5-3-1)12-16-8-10-21(11-9-16)14-17-13-18-6-7-19(17)20-18/h1-5,16-20H,6-14H2. The van der Waals surface area contributed by atoms with Crippen molar-refractivity contribution in [1.29, 1.82) is 0 Å². The molecule has 21 heavy (non-hydrogen) atoms. The van der Waals surface area contributed by atoms with Crippen molar-refractivity contribution in [3.8, 4) is 0 Å². The van der Waals surface area contributed by atoms with E-state index in [2.05, 4.69) is 40.5 Å². The highest BCUT2D eigenvalue weighted by atomic mass is 15.1. The number of nitrogens with zero attached hydrogens (tertiary/aromatic N) is 1. The molecule has 4 rings (SSSR count). The minimum absolute atomic E-state index is 0.844. The average molecular weight is 284 g/mol. The molecule has 2 bridgehead atoms. The zero-order valence-electron chi connectivity index (χ0n) is 13.0. The molecule has 3 saturated heterocycles. The van der Waals surface area contributed by atoms with E-state index in [9.17, 15) is 0 Å². The maximum absolute atomic E-state index is 3.78. The Morgan fingerprint density at radius 1 is 1.00 bits per heavy atom. The van der Waals surface area contributed by atoms with Gasteiger partial charge in [0.15, 0.2) is 0 Å². The fourth-order valence-electron chi connectivity index (χ4n) is 4.79. The molecule has 3 unspecified atom stereocenters. The van der Waals surface area contributed by atoms with Crippen LogP contribution < -0.4 is 5.32 Å². The van der Waals surface area contributed by atoms with Crippen molar-refractivity contribution in [2.45, 2.75) is 50.6 Å². The third kappa shape index (κ3) is 3.17. The highest BCUT2D eigenvalue weighted by Crippen LogP contribution is 2.34. The Morgan fingerprint density at radius 2 is 1.81 bits per heavy atom. The maximum atomic E-state index is 3.78. The molecule has 0 amide bonds. The van der Waals surface area contributed by atoms with Gasteiger partial charge in [0.05, 0.1) is 0 Å². The predicted octanol–water partition coefficient (Wildman–Crippen LogP) is 3.08. The topological polar surface area (TPSA) is 15.3 Å². The van der Waals surface area contributed by atoms with Crippen LogP contribution in [0.4, 0.5) is 0 Å². The molecule has 114 valence electrons. The van der Waals surface area contributed by atoms with Crippen LogP contribution in [0.25, 0.3) is 0 Å². The van der Waals surface area contributed by atoms with Gasteiger partial charge in [-0.05, 0) is 69.0 Å². The minimum atomic E-state index is 0.844. The van der Waals surface area contributed by atoms with Crippen LogP contribution in [-0.2, 0) is 6.42 Å². The first-order chi connectivity index (χ1) is 10.4. The summed E-state index contributed by atoms with van der Waals surface area (Å²) in [5.41, 5.74) is 1.52. The van der Waals surface area contributed by atoms with Gasteiger partial charge in [-0.1, -0.05) is 30.3 Å². The monoisotopic (exact) mass is 284 g/mol. The fourth-order valence-corrected chi connectivity index (χ4v) is 4.79.